The molecule has 0 heterocycles. The predicted molar refractivity (Wildman–Crippen MR) is 121 cm³/mol. The third-order valence-electron chi connectivity index (χ3n) is 3.53. The van der Waals surface area contributed by atoms with Crippen LogP contribution in [0.15, 0.2) is 91.0 Å². The Hall–Kier alpha value is -4.92. The van der Waals surface area contributed by atoms with Crippen LogP contribution in [0.1, 0.15) is 0 Å². The molecular weight excluding hydrogens is 432 g/mol. The van der Waals surface area contributed by atoms with Crippen molar-refractivity contribution in [1.82, 2.24) is 0 Å². The average Bonchev–Trinajstić information content (AvgIpc) is 2.75. The van der Waals surface area contributed by atoms with Crippen LogP contribution in [-0.2, 0) is 0 Å². The molecule has 4 rings (SSSR count). The van der Waals surface area contributed by atoms with E-state index in [1.54, 1.807) is 24.3 Å². The monoisotopic (exact) mass is 456 g/mol. The van der Waals surface area contributed by atoms with Gasteiger partial charge >= 0.3 is 0 Å². The summed E-state index contributed by atoms with van der Waals surface area (Å²) >= 11 is 0. The highest BCUT2D eigenvalue weighted by Crippen LogP contribution is 2.32. The zero-order chi connectivity index (χ0) is 24.8. The van der Waals surface area contributed by atoms with Gasteiger partial charge in [-0.05, 0) is 48.5 Å². The van der Waals surface area contributed by atoms with E-state index in [1.807, 2.05) is 0 Å². The van der Waals surface area contributed by atoms with E-state index in [9.17, 15) is 0 Å². The highest BCUT2D eigenvalue weighted by atomic mass is 16.3. The maximum absolute atomic E-state index is 8.71. The molecule has 0 bridgehead atoms. The summed E-state index contributed by atoms with van der Waals surface area (Å²) in [6.45, 7) is 0. The van der Waals surface area contributed by atoms with Crippen LogP contribution in [0, 0.1) is 0 Å². The first-order chi connectivity index (χ1) is 15.6. The van der Waals surface area contributed by atoms with Gasteiger partial charge in [0.25, 0.3) is 0 Å². The minimum absolute atomic E-state index is 0.0764. The summed E-state index contributed by atoms with van der Waals surface area (Å²) in [5, 5.41) is 78.0. The minimum Gasteiger partial charge on any atom is -0.508 e. The number of hydrogen-bond donors (Lipinski definition) is 9. The molecule has 0 spiro atoms. The smallest absolute Gasteiger partial charge is 0.200 e. The Morgan fingerprint density at radius 1 is 0.303 bits per heavy atom. The van der Waals surface area contributed by atoms with E-state index >= 15 is 0 Å². The van der Waals surface area contributed by atoms with E-state index in [1.165, 1.54) is 66.7 Å². The fourth-order valence-electron chi connectivity index (χ4n) is 1.97. The van der Waals surface area contributed by atoms with Crippen LogP contribution in [0.2, 0.25) is 0 Å². The second-order valence-corrected chi connectivity index (χ2v) is 6.17. The van der Waals surface area contributed by atoms with Gasteiger partial charge in [0, 0.05) is 12.1 Å². The molecular formula is C24H24O9. The highest BCUT2D eigenvalue weighted by molar-refractivity contribution is 5.47. The topological polar surface area (TPSA) is 182 Å². The number of phenols is 9. The quantitative estimate of drug-likeness (QED) is 0.176. The summed E-state index contributed by atoms with van der Waals surface area (Å²) in [5.41, 5.74) is 0. The Morgan fingerprint density at radius 3 is 0.788 bits per heavy atom. The standard InChI is InChI=1S/C6H6O3.3C6H6O2/c7-4-2-1-3-5(8)6(4)9;2*7-5-2-1-3-6(8)4-5;7-5-3-1-2-4-6(5)8/h1-3,7-9H;3*1-4,7-8H. The number of hydrogen-bond acceptors (Lipinski definition) is 9. The number of para-hydroxylation sites is 3. The molecule has 9 N–H and O–H groups in total. The lowest BCUT2D eigenvalue weighted by atomic mass is 10.3. The molecule has 0 saturated heterocycles. The summed E-state index contributed by atoms with van der Waals surface area (Å²) in [4.78, 5) is 0. The minimum atomic E-state index is -0.475. The molecule has 33 heavy (non-hydrogen) atoms. The van der Waals surface area contributed by atoms with Gasteiger partial charge in [-0.3, -0.25) is 0 Å². The van der Waals surface area contributed by atoms with Crippen molar-refractivity contribution in [3.63, 3.8) is 0 Å². The maximum atomic E-state index is 8.71. The van der Waals surface area contributed by atoms with E-state index in [-0.39, 0.29) is 46.0 Å². The van der Waals surface area contributed by atoms with Gasteiger partial charge in [0.1, 0.15) is 23.0 Å². The molecule has 0 atom stereocenters. The average molecular weight is 456 g/mol. The van der Waals surface area contributed by atoms with E-state index in [2.05, 4.69) is 0 Å². The van der Waals surface area contributed by atoms with E-state index in [0.717, 1.165) is 0 Å². The first-order valence-corrected chi connectivity index (χ1v) is 9.23. The molecule has 9 nitrogen and oxygen atoms in total. The molecule has 4 aromatic carbocycles. The Kier molecular flexibility index (Phi) is 10.6. The lowest BCUT2D eigenvalue weighted by Gasteiger charge is -1.96. The number of rotatable bonds is 0. The summed E-state index contributed by atoms with van der Waals surface area (Å²) in [7, 11) is 0. The second kappa shape index (κ2) is 13.4. The van der Waals surface area contributed by atoms with E-state index < -0.39 is 5.75 Å². The van der Waals surface area contributed by atoms with Crippen LogP contribution in [0.5, 0.6) is 51.7 Å². The third-order valence-corrected chi connectivity index (χ3v) is 3.53. The fourth-order valence-corrected chi connectivity index (χ4v) is 1.97. The molecule has 0 unspecified atom stereocenters. The van der Waals surface area contributed by atoms with Crippen LogP contribution >= 0.6 is 0 Å². The molecule has 9 heteroatoms. The second-order valence-electron chi connectivity index (χ2n) is 6.17. The van der Waals surface area contributed by atoms with Crippen molar-refractivity contribution in [2.24, 2.45) is 0 Å². The third kappa shape index (κ3) is 10.6. The maximum Gasteiger partial charge on any atom is 0.200 e. The zero-order valence-electron chi connectivity index (χ0n) is 17.2. The zero-order valence-corrected chi connectivity index (χ0v) is 17.2. The molecule has 0 aromatic heterocycles. The molecule has 0 amide bonds. The Morgan fingerprint density at radius 2 is 0.576 bits per heavy atom. The number of aromatic hydroxyl groups is 9. The van der Waals surface area contributed by atoms with Gasteiger partial charge in [-0.2, -0.15) is 0 Å². The Balaban J connectivity index is 0.000000220. The van der Waals surface area contributed by atoms with Crippen molar-refractivity contribution in [3.8, 4) is 51.7 Å². The predicted octanol–water partition coefficient (Wildman–Crippen LogP) is 4.10. The number of phenolic OH excluding ortho intramolecular Hbond substituents is 9. The molecule has 174 valence electrons. The fraction of sp³-hybridized carbons (Fsp3) is 0. The molecule has 0 radical (unpaired) electrons. The molecule has 4 aromatic rings. The van der Waals surface area contributed by atoms with Gasteiger partial charge in [-0.25, -0.2) is 0 Å². The van der Waals surface area contributed by atoms with E-state index in [0.29, 0.717) is 0 Å². The van der Waals surface area contributed by atoms with Gasteiger partial charge in [0.05, 0.1) is 0 Å². The van der Waals surface area contributed by atoms with Gasteiger partial charge in [0.2, 0.25) is 0 Å². The SMILES string of the molecule is Oc1cccc(O)c1.Oc1cccc(O)c1.Oc1cccc(O)c1O.Oc1ccccc1O. The van der Waals surface area contributed by atoms with Crippen molar-refractivity contribution in [1.29, 1.82) is 0 Å². The normalized spacial score (nSPS) is 9.09. The van der Waals surface area contributed by atoms with Crippen LogP contribution in [0.4, 0.5) is 0 Å². The van der Waals surface area contributed by atoms with Crippen molar-refractivity contribution in [3.05, 3.63) is 91.0 Å². The largest absolute Gasteiger partial charge is 0.508 e. The molecule has 0 aliphatic heterocycles. The first kappa shape index (κ1) is 26.1. The lowest BCUT2D eigenvalue weighted by molar-refractivity contribution is 0.368. The Bertz CT molecular complexity index is 1010. The molecule has 0 aliphatic rings. The van der Waals surface area contributed by atoms with Gasteiger partial charge in [-0.1, -0.05) is 30.3 Å². The van der Waals surface area contributed by atoms with Gasteiger partial charge in [0.15, 0.2) is 28.7 Å². The van der Waals surface area contributed by atoms with Crippen molar-refractivity contribution in [2.75, 3.05) is 0 Å². The molecule has 0 fully saturated rings. The van der Waals surface area contributed by atoms with Crippen LogP contribution in [-0.4, -0.2) is 46.0 Å². The highest BCUT2D eigenvalue weighted by Gasteiger charge is 2.01. The lowest BCUT2D eigenvalue weighted by Crippen LogP contribution is -1.67. The van der Waals surface area contributed by atoms with Crippen molar-refractivity contribution < 1.29 is 46.0 Å². The van der Waals surface area contributed by atoms with Gasteiger partial charge < -0.3 is 46.0 Å². The summed E-state index contributed by atoms with van der Waals surface area (Å²) in [5.74, 6) is -0.896. The van der Waals surface area contributed by atoms with Crippen LogP contribution in [0.25, 0.3) is 0 Å². The van der Waals surface area contributed by atoms with Crippen LogP contribution in [0.3, 0.4) is 0 Å². The van der Waals surface area contributed by atoms with Crippen molar-refractivity contribution >= 4 is 0 Å². The summed E-state index contributed by atoms with van der Waals surface area (Å²) in [6.07, 6.45) is 0. The summed E-state index contributed by atoms with van der Waals surface area (Å²) < 4.78 is 0. The van der Waals surface area contributed by atoms with Crippen LogP contribution < -0.4 is 0 Å². The first-order valence-electron chi connectivity index (χ1n) is 9.23. The van der Waals surface area contributed by atoms with E-state index in [4.69, 9.17) is 46.0 Å². The summed E-state index contributed by atoms with van der Waals surface area (Å²) in [6, 6.07) is 21.9. The number of benzene rings is 4. The molecule has 0 saturated carbocycles. The van der Waals surface area contributed by atoms with Gasteiger partial charge in [-0.15, -0.1) is 0 Å². The Labute approximate surface area is 189 Å². The van der Waals surface area contributed by atoms with Crippen molar-refractivity contribution in [2.45, 2.75) is 0 Å². The molecule has 0 aliphatic carbocycles.